The summed E-state index contributed by atoms with van der Waals surface area (Å²) >= 11 is 7.13. The van der Waals surface area contributed by atoms with E-state index in [9.17, 15) is 14.4 Å². The predicted molar refractivity (Wildman–Crippen MR) is 89.3 cm³/mol. The van der Waals surface area contributed by atoms with Crippen molar-refractivity contribution < 1.29 is 19.1 Å². The zero-order valence-electron chi connectivity index (χ0n) is 13.1. The van der Waals surface area contributed by atoms with E-state index in [0.29, 0.717) is 10.7 Å². The molecule has 0 saturated carbocycles. The van der Waals surface area contributed by atoms with E-state index in [1.54, 1.807) is 19.4 Å². The van der Waals surface area contributed by atoms with Gasteiger partial charge in [0.25, 0.3) is 11.8 Å². The van der Waals surface area contributed by atoms with Crippen LogP contribution in [0.25, 0.3) is 0 Å². The summed E-state index contributed by atoms with van der Waals surface area (Å²) in [4.78, 5) is 35.6. The number of rotatable bonds is 5. The monoisotopic (exact) mass is 370 g/mol. The molecule has 10 heteroatoms. The Morgan fingerprint density at radius 2 is 2.12 bits per heavy atom. The summed E-state index contributed by atoms with van der Waals surface area (Å²) < 4.78 is 6.46. The molecule has 0 saturated heterocycles. The third kappa shape index (κ3) is 3.57. The first kappa shape index (κ1) is 18.0. The van der Waals surface area contributed by atoms with E-state index < -0.39 is 23.9 Å². The SMILES string of the molecule is Cc1nn(C)c(Cl)c1C(=O)O[C@H](C)C(=O)Nc1sccc1C(N)=O. The van der Waals surface area contributed by atoms with Gasteiger partial charge in [-0.05, 0) is 25.3 Å². The third-order valence-corrected chi connectivity index (χ3v) is 4.44. The number of amides is 2. The van der Waals surface area contributed by atoms with E-state index in [-0.39, 0.29) is 16.3 Å². The summed E-state index contributed by atoms with van der Waals surface area (Å²) in [6.45, 7) is 3.02. The summed E-state index contributed by atoms with van der Waals surface area (Å²) in [5.74, 6) is -2.01. The van der Waals surface area contributed by atoms with Crippen LogP contribution in [-0.2, 0) is 16.6 Å². The average molecular weight is 371 g/mol. The van der Waals surface area contributed by atoms with Gasteiger partial charge in [-0.25, -0.2) is 4.79 Å². The van der Waals surface area contributed by atoms with Gasteiger partial charge in [0, 0.05) is 7.05 Å². The number of aryl methyl sites for hydroxylation is 2. The Balaban J connectivity index is 2.07. The van der Waals surface area contributed by atoms with Crippen LogP contribution in [0.4, 0.5) is 5.00 Å². The van der Waals surface area contributed by atoms with E-state index in [2.05, 4.69) is 10.4 Å². The Labute approximate surface area is 146 Å². The van der Waals surface area contributed by atoms with Crippen LogP contribution in [0.15, 0.2) is 11.4 Å². The van der Waals surface area contributed by atoms with E-state index in [4.69, 9.17) is 22.1 Å². The van der Waals surface area contributed by atoms with E-state index in [1.807, 2.05) is 0 Å². The number of hydrogen-bond acceptors (Lipinski definition) is 6. The number of nitrogens with one attached hydrogen (secondary N) is 1. The second-order valence-electron chi connectivity index (χ2n) is 4.94. The lowest BCUT2D eigenvalue weighted by Crippen LogP contribution is -2.30. The molecule has 2 rings (SSSR count). The van der Waals surface area contributed by atoms with E-state index >= 15 is 0 Å². The van der Waals surface area contributed by atoms with Crippen molar-refractivity contribution in [1.29, 1.82) is 0 Å². The topological polar surface area (TPSA) is 116 Å². The van der Waals surface area contributed by atoms with Crippen molar-refractivity contribution in [2.75, 3.05) is 5.32 Å². The Morgan fingerprint density at radius 3 is 2.67 bits per heavy atom. The first-order valence-electron chi connectivity index (χ1n) is 6.80. The van der Waals surface area contributed by atoms with Crippen molar-refractivity contribution in [3.63, 3.8) is 0 Å². The van der Waals surface area contributed by atoms with Crippen LogP contribution in [0.2, 0.25) is 5.15 Å². The number of carbonyl (C=O) groups excluding carboxylic acids is 3. The number of halogens is 1. The minimum Gasteiger partial charge on any atom is -0.449 e. The van der Waals surface area contributed by atoms with Gasteiger partial charge >= 0.3 is 5.97 Å². The van der Waals surface area contributed by atoms with Crippen molar-refractivity contribution >= 4 is 45.7 Å². The van der Waals surface area contributed by atoms with Gasteiger partial charge in [0.15, 0.2) is 6.10 Å². The molecule has 1 atom stereocenters. The standard InChI is InChI=1S/C14H15ClN4O4S/c1-6-9(10(15)19(3)18-6)14(22)23-7(2)12(21)17-13-8(11(16)20)4-5-24-13/h4-5,7H,1-3H3,(H2,16,20)(H,17,21)/t7-/m1/s1. The molecule has 0 aromatic carbocycles. The molecule has 3 N–H and O–H groups in total. The number of thiophene rings is 1. The number of nitrogens with two attached hydrogens (primary N) is 1. The lowest BCUT2D eigenvalue weighted by molar-refractivity contribution is -0.123. The van der Waals surface area contributed by atoms with E-state index in [1.165, 1.54) is 17.7 Å². The molecular formula is C14H15ClN4O4S. The number of hydrogen-bond donors (Lipinski definition) is 2. The Hall–Kier alpha value is -2.39. The average Bonchev–Trinajstić information content (AvgIpc) is 3.04. The number of ether oxygens (including phenoxy) is 1. The minimum atomic E-state index is -1.10. The normalized spacial score (nSPS) is 11.8. The van der Waals surface area contributed by atoms with Crippen LogP contribution in [0.3, 0.4) is 0 Å². The summed E-state index contributed by atoms with van der Waals surface area (Å²) in [6.07, 6.45) is -1.10. The fourth-order valence-electron chi connectivity index (χ4n) is 1.95. The van der Waals surface area contributed by atoms with Crippen LogP contribution < -0.4 is 11.1 Å². The highest BCUT2D eigenvalue weighted by Gasteiger charge is 2.25. The van der Waals surface area contributed by atoms with Crippen molar-refractivity contribution in [3.8, 4) is 0 Å². The number of aromatic nitrogens is 2. The highest BCUT2D eigenvalue weighted by molar-refractivity contribution is 7.14. The summed E-state index contributed by atoms with van der Waals surface area (Å²) in [7, 11) is 1.59. The fourth-order valence-corrected chi connectivity index (χ4v) is 3.00. The molecule has 128 valence electrons. The van der Waals surface area contributed by atoms with Gasteiger partial charge in [0.05, 0.1) is 11.3 Å². The smallest absolute Gasteiger partial charge is 0.343 e. The van der Waals surface area contributed by atoms with Crippen molar-refractivity contribution in [3.05, 3.63) is 33.4 Å². The molecule has 2 amide bonds. The van der Waals surface area contributed by atoms with Crippen LogP contribution in [-0.4, -0.2) is 33.7 Å². The molecule has 2 heterocycles. The fraction of sp³-hybridized carbons (Fsp3) is 0.286. The number of anilines is 1. The van der Waals surface area contributed by atoms with Gasteiger partial charge in [-0.2, -0.15) is 5.10 Å². The molecule has 8 nitrogen and oxygen atoms in total. The Bertz CT molecular complexity index is 814. The molecule has 2 aromatic rings. The van der Waals surface area contributed by atoms with Crippen LogP contribution >= 0.6 is 22.9 Å². The number of nitrogens with zero attached hydrogens (tertiary/aromatic N) is 2. The zero-order chi connectivity index (χ0) is 18.0. The first-order valence-corrected chi connectivity index (χ1v) is 8.06. The Morgan fingerprint density at radius 1 is 1.46 bits per heavy atom. The van der Waals surface area contributed by atoms with E-state index in [0.717, 1.165) is 11.3 Å². The summed E-state index contributed by atoms with van der Waals surface area (Å²) in [6, 6.07) is 1.50. The molecule has 0 unspecified atom stereocenters. The number of carbonyl (C=O) groups is 3. The van der Waals surface area contributed by atoms with Crippen LogP contribution in [0.1, 0.15) is 33.3 Å². The zero-order valence-corrected chi connectivity index (χ0v) is 14.7. The van der Waals surface area contributed by atoms with Gasteiger partial charge in [0.2, 0.25) is 0 Å². The van der Waals surface area contributed by atoms with Gasteiger partial charge in [-0.15, -0.1) is 11.3 Å². The van der Waals surface area contributed by atoms with Crippen LogP contribution in [0, 0.1) is 6.92 Å². The second kappa shape index (κ2) is 7.02. The number of esters is 1. The maximum absolute atomic E-state index is 12.2. The molecular weight excluding hydrogens is 356 g/mol. The molecule has 0 bridgehead atoms. The summed E-state index contributed by atoms with van der Waals surface area (Å²) in [5, 5.41) is 8.56. The molecule has 0 aliphatic carbocycles. The highest BCUT2D eigenvalue weighted by atomic mass is 35.5. The number of primary amides is 1. The van der Waals surface area contributed by atoms with Crippen molar-refractivity contribution in [2.24, 2.45) is 12.8 Å². The quantitative estimate of drug-likeness (QED) is 0.777. The molecule has 0 aliphatic heterocycles. The van der Waals surface area contributed by atoms with Gasteiger partial charge in [-0.1, -0.05) is 11.6 Å². The third-order valence-electron chi connectivity index (χ3n) is 3.18. The highest BCUT2D eigenvalue weighted by Crippen LogP contribution is 2.24. The van der Waals surface area contributed by atoms with Gasteiger partial charge < -0.3 is 15.8 Å². The maximum atomic E-state index is 12.2. The molecule has 0 aliphatic rings. The lowest BCUT2D eigenvalue weighted by atomic mass is 10.2. The van der Waals surface area contributed by atoms with Crippen molar-refractivity contribution in [2.45, 2.75) is 20.0 Å². The predicted octanol–water partition coefficient (Wildman–Crippen LogP) is 1.73. The van der Waals surface area contributed by atoms with Crippen molar-refractivity contribution in [1.82, 2.24) is 9.78 Å². The maximum Gasteiger partial charge on any atom is 0.343 e. The van der Waals surface area contributed by atoms with Crippen LogP contribution in [0.5, 0.6) is 0 Å². The molecule has 0 fully saturated rings. The molecule has 0 spiro atoms. The lowest BCUT2D eigenvalue weighted by Gasteiger charge is -2.13. The molecule has 0 radical (unpaired) electrons. The second-order valence-corrected chi connectivity index (χ2v) is 6.21. The van der Waals surface area contributed by atoms with Gasteiger partial charge in [-0.3, -0.25) is 14.3 Å². The first-order chi connectivity index (χ1) is 11.2. The van der Waals surface area contributed by atoms with Gasteiger partial charge in [0.1, 0.15) is 15.7 Å². The minimum absolute atomic E-state index is 0.104. The molecule has 2 aromatic heterocycles. The summed E-state index contributed by atoms with van der Waals surface area (Å²) in [5.41, 5.74) is 5.90. The molecule has 24 heavy (non-hydrogen) atoms. The largest absolute Gasteiger partial charge is 0.449 e. The Kier molecular flexibility index (Phi) is 5.25.